The van der Waals surface area contributed by atoms with Crippen LogP contribution in [0.3, 0.4) is 0 Å². The molecule has 0 bridgehead atoms. The molecule has 6 nitrogen and oxygen atoms in total. The lowest BCUT2D eigenvalue weighted by Crippen LogP contribution is -2.27. The van der Waals surface area contributed by atoms with Crippen LogP contribution >= 0.6 is 0 Å². The van der Waals surface area contributed by atoms with E-state index in [9.17, 15) is 5.26 Å². The summed E-state index contributed by atoms with van der Waals surface area (Å²) in [5, 5.41) is 15.8. The zero-order valence-corrected chi connectivity index (χ0v) is 15.0. The number of nitrogens with one attached hydrogen (secondary N) is 2. The van der Waals surface area contributed by atoms with Crippen LogP contribution in [0.2, 0.25) is 0 Å². The van der Waals surface area contributed by atoms with Gasteiger partial charge in [-0.15, -0.1) is 0 Å². The lowest BCUT2D eigenvalue weighted by Gasteiger charge is -2.21. The summed E-state index contributed by atoms with van der Waals surface area (Å²) >= 11 is 0. The van der Waals surface area contributed by atoms with Gasteiger partial charge in [0, 0.05) is 29.6 Å². The molecule has 0 saturated heterocycles. The topological polar surface area (TPSA) is 86.5 Å². The predicted molar refractivity (Wildman–Crippen MR) is 103 cm³/mol. The smallest absolute Gasteiger partial charge is 0.225 e. The first-order valence-electron chi connectivity index (χ1n) is 8.28. The number of benzene rings is 1. The molecule has 2 N–H and O–H groups in total. The van der Waals surface area contributed by atoms with Crippen LogP contribution in [-0.2, 0) is 0 Å². The third kappa shape index (κ3) is 4.33. The second kappa shape index (κ2) is 7.19. The van der Waals surface area contributed by atoms with Crippen LogP contribution in [0.4, 0.5) is 17.5 Å². The number of para-hydroxylation sites is 1. The van der Waals surface area contributed by atoms with Crippen molar-refractivity contribution < 1.29 is 0 Å². The summed E-state index contributed by atoms with van der Waals surface area (Å²) in [6.07, 6.45) is 3.48. The Bertz CT molecular complexity index is 939. The predicted octanol–water partition coefficient (Wildman–Crippen LogP) is 4.36. The molecule has 26 heavy (non-hydrogen) atoms. The zero-order chi connectivity index (χ0) is 18.6. The summed E-state index contributed by atoms with van der Waals surface area (Å²) < 4.78 is 0. The van der Waals surface area contributed by atoms with Crippen LogP contribution < -0.4 is 10.6 Å². The third-order valence-corrected chi connectivity index (χ3v) is 3.48. The standard InChI is InChI=1S/C20H20N6/c1-20(2,3)26-19-24-17(15-8-6-10-22-13-15)11-18(25-19)23-16-9-5-4-7-14(16)12-21/h4-11,13H,1-3H3,(H2,23,24,25,26). The van der Waals surface area contributed by atoms with Crippen LogP contribution in [0, 0.1) is 11.3 Å². The maximum absolute atomic E-state index is 9.29. The third-order valence-electron chi connectivity index (χ3n) is 3.48. The average Bonchev–Trinajstić information content (AvgIpc) is 2.61. The van der Waals surface area contributed by atoms with Crippen molar-refractivity contribution in [3.8, 4) is 17.3 Å². The number of hydrogen-bond donors (Lipinski definition) is 2. The Morgan fingerprint density at radius 3 is 2.54 bits per heavy atom. The highest BCUT2D eigenvalue weighted by Gasteiger charge is 2.14. The molecule has 130 valence electrons. The Morgan fingerprint density at radius 1 is 1.04 bits per heavy atom. The highest BCUT2D eigenvalue weighted by molar-refractivity contribution is 5.69. The van der Waals surface area contributed by atoms with E-state index in [2.05, 4.69) is 31.7 Å². The Kier molecular flexibility index (Phi) is 4.81. The van der Waals surface area contributed by atoms with Gasteiger partial charge in [0.15, 0.2) is 0 Å². The van der Waals surface area contributed by atoms with Gasteiger partial charge in [0.05, 0.1) is 16.9 Å². The number of nitriles is 1. The molecule has 6 heteroatoms. The largest absolute Gasteiger partial charge is 0.350 e. The minimum Gasteiger partial charge on any atom is -0.350 e. The molecule has 3 aromatic rings. The summed E-state index contributed by atoms with van der Waals surface area (Å²) in [5.41, 5.74) is 2.71. The maximum atomic E-state index is 9.29. The van der Waals surface area contributed by atoms with E-state index in [0.717, 1.165) is 11.3 Å². The van der Waals surface area contributed by atoms with Crippen molar-refractivity contribution in [2.24, 2.45) is 0 Å². The van der Waals surface area contributed by atoms with Gasteiger partial charge >= 0.3 is 0 Å². The van der Waals surface area contributed by atoms with Crippen LogP contribution in [0.1, 0.15) is 26.3 Å². The minimum atomic E-state index is -0.185. The number of pyridine rings is 1. The Hall–Kier alpha value is -3.46. The van der Waals surface area contributed by atoms with Crippen molar-refractivity contribution in [3.63, 3.8) is 0 Å². The Labute approximate surface area is 153 Å². The molecule has 0 unspecified atom stereocenters. The Balaban J connectivity index is 2.04. The SMILES string of the molecule is CC(C)(C)Nc1nc(Nc2ccccc2C#N)cc(-c2cccnc2)n1. The average molecular weight is 344 g/mol. The van der Waals surface area contributed by atoms with E-state index < -0.39 is 0 Å². The van der Waals surface area contributed by atoms with Crippen molar-refractivity contribution in [3.05, 3.63) is 60.4 Å². The normalized spacial score (nSPS) is 10.8. The van der Waals surface area contributed by atoms with Crippen molar-refractivity contribution in [2.75, 3.05) is 10.6 Å². The molecule has 0 aliphatic carbocycles. The number of rotatable bonds is 4. The molecular formula is C20H20N6. The molecule has 0 radical (unpaired) electrons. The van der Waals surface area contributed by atoms with Crippen LogP contribution in [0.15, 0.2) is 54.9 Å². The second-order valence-electron chi connectivity index (χ2n) is 6.86. The monoisotopic (exact) mass is 344 g/mol. The van der Waals surface area contributed by atoms with Crippen LogP contribution in [-0.4, -0.2) is 20.5 Å². The fourth-order valence-corrected chi connectivity index (χ4v) is 2.39. The first kappa shape index (κ1) is 17.4. The molecule has 0 atom stereocenters. The van der Waals surface area contributed by atoms with Gasteiger partial charge in [0.1, 0.15) is 11.9 Å². The van der Waals surface area contributed by atoms with Gasteiger partial charge < -0.3 is 10.6 Å². The van der Waals surface area contributed by atoms with E-state index in [1.165, 1.54) is 0 Å². The molecule has 0 aliphatic heterocycles. The lowest BCUT2D eigenvalue weighted by atomic mass is 10.1. The van der Waals surface area contributed by atoms with E-state index in [1.54, 1.807) is 18.5 Å². The summed E-state index contributed by atoms with van der Waals surface area (Å²) in [7, 11) is 0. The highest BCUT2D eigenvalue weighted by Crippen LogP contribution is 2.25. The van der Waals surface area contributed by atoms with Crippen LogP contribution in [0.5, 0.6) is 0 Å². The van der Waals surface area contributed by atoms with Gasteiger partial charge in [0.25, 0.3) is 0 Å². The summed E-state index contributed by atoms with van der Waals surface area (Å²) in [6.45, 7) is 6.14. The fraction of sp³-hybridized carbons (Fsp3) is 0.200. The van der Waals surface area contributed by atoms with E-state index in [-0.39, 0.29) is 5.54 Å². The second-order valence-corrected chi connectivity index (χ2v) is 6.86. The van der Waals surface area contributed by atoms with Gasteiger partial charge in [-0.1, -0.05) is 12.1 Å². The molecule has 0 aliphatic rings. The van der Waals surface area contributed by atoms with Gasteiger partial charge in [0.2, 0.25) is 5.95 Å². The summed E-state index contributed by atoms with van der Waals surface area (Å²) in [6, 6.07) is 15.2. The number of nitrogens with zero attached hydrogens (tertiary/aromatic N) is 4. The van der Waals surface area contributed by atoms with Crippen molar-refractivity contribution >= 4 is 17.5 Å². The lowest BCUT2D eigenvalue weighted by molar-refractivity contribution is 0.626. The molecule has 0 spiro atoms. The van der Waals surface area contributed by atoms with Crippen molar-refractivity contribution in [1.82, 2.24) is 15.0 Å². The number of anilines is 3. The van der Waals surface area contributed by atoms with Gasteiger partial charge in [-0.3, -0.25) is 4.98 Å². The van der Waals surface area contributed by atoms with Crippen molar-refractivity contribution in [1.29, 1.82) is 5.26 Å². The summed E-state index contributed by atoms with van der Waals surface area (Å²) in [5.74, 6) is 1.11. The summed E-state index contributed by atoms with van der Waals surface area (Å²) in [4.78, 5) is 13.3. The number of aromatic nitrogens is 3. The van der Waals surface area contributed by atoms with Crippen molar-refractivity contribution in [2.45, 2.75) is 26.3 Å². The quantitative estimate of drug-likeness (QED) is 0.731. The molecular weight excluding hydrogens is 324 g/mol. The van der Waals surface area contributed by atoms with Crippen LogP contribution in [0.25, 0.3) is 11.3 Å². The highest BCUT2D eigenvalue weighted by atomic mass is 15.2. The minimum absolute atomic E-state index is 0.185. The molecule has 0 fully saturated rings. The molecule has 0 saturated carbocycles. The first-order valence-corrected chi connectivity index (χ1v) is 8.28. The Morgan fingerprint density at radius 2 is 1.85 bits per heavy atom. The van der Waals surface area contributed by atoms with E-state index in [4.69, 9.17) is 0 Å². The maximum Gasteiger partial charge on any atom is 0.225 e. The number of hydrogen-bond acceptors (Lipinski definition) is 6. The van der Waals surface area contributed by atoms with E-state index in [1.807, 2.05) is 57.2 Å². The van der Waals surface area contributed by atoms with Gasteiger partial charge in [-0.05, 0) is 45.0 Å². The molecule has 2 heterocycles. The molecule has 2 aromatic heterocycles. The zero-order valence-electron chi connectivity index (χ0n) is 15.0. The first-order chi connectivity index (χ1) is 12.4. The van der Waals surface area contributed by atoms with E-state index in [0.29, 0.717) is 23.0 Å². The molecule has 3 rings (SSSR count). The van der Waals surface area contributed by atoms with Gasteiger partial charge in [-0.25, -0.2) is 4.98 Å². The van der Waals surface area contributed by atoms with Gasteiger partial charge in [-0.2, -0.15) is 10.2 Å². The molecule has 0 amide bonds. The molecule has 1 aromatic carbocycles. The van der Waals surface area contributed by atoms with E-state index >= 15 is 0 Å². The fourth-order valence-electron chi connectivity index (χ4n) is 2.39.